The van der Waals surface area contributed by atoms with E-state index in [0.29, 0.717) is 0 Å². The third-order valence-electron chi connectivity index (χ3n) is 4.42. The van der Waals surface area contributed by atoms with Gasteiger partial charge in [-0.15, -0.1) is 6.42 Å². The van der Waals surface area contributed by atoms with E-state index in [0.717, 1.165) is 71.1 Å². The van der Waals surface area contributed by atoms with Crippen LogP contribution in [0.4, 0.5) is 0 Å². The summed E-state index contributed by atoms with van der Waals surface area (Å²) in [6.07, 6.45) is 4.32. The maximum Gasteiger partial charge on any atom is 4.00 e. The van der Waals surface area contributed by atoms with Crippen molar-refractivity contribution in [2.75, 3.05) is 67.0 Å². The van der Waals surface area contributed by atoms with Gasteiger partial charge in [0.2, 0.25) is 0 Å². The van der Waals surface area contributed by atoms with E-state index in [1.54, 1.807) is 6.92 Å². The summed E-state index contributed by atoms with van der Waals surface area (Å²) < 4.78 is 0. The Morgan fingerprint density at radius 1 is 0.808 bits per heavy atom. The Morgan fingerprint density at radius 2 is 1.27 bits per heavy atom. The van der Waals surface area contributed by atoms with Gasteiger partial charge in [0.1, 0.15) is 0 Å². The quantitative estimate of drug-likeness (QED) is 0.308. The molecule has 1 rings (SSSR count). The Bertz CT molecular complexity index is 330. The van der Waals surface area contributed by atoms with Gasteiger partial charge in [0, 0.05) is 5.78 Å². The Labute approximate surface area is 194 Å². The fourth-order valence-electron chi connectivity index (χ4n) is 2.94. The van der Waals surface area contributed by atoms with E-state index >= 15 is 0 Å². The molecule has 5 nitrogen and oxygen atoms in total. The SMILES string of the molecule is CC(=O)[C-]1CCN(C)CCCNCCCN(C)CCCN1C.[Cl-].[Cl-].[Cl-].[Ti+4]. The van der Waals surface area contributed by atoms with E-state index in [4.69, 9.17) is 0 Å². The monoisotopic (exact) mass is 464 g/mol. The van der Waals surface area contributed by atoms with Crippen molar-refractivity contribution in [3.05, 3.63) is 6.04 Å². The number of rotatable bonds is 1. The van der Waals surface area contributed by atoms with Crippen LogP contribution < -0.4 is 42.5 Å². The zero-order valence-corrected chi connectivity index (χ0v) is 20.5. The van der Waals surface area contributed by atoms with E-state index in [-0.39, 0.29) is 64.7 Å². The number of hydrogen-bond acceptors (Lipinski definition) is 5. The van der Waals surface area contributed by atoms with Crippen LogP contribution in [0.1, 0.15) is 32.6 Å². The van der Waals surface area contributed by atoms with Crippen LogP contribution in [-0.4, -0.2) is 87.4 Å². The molecule has 0 aromatic heterocycles. The van der Waals surface area contributed by atoms with Gasteiger partial charge in [0.15, 0.2) is 0 Å². The molecule has 1 heterocycles. The molecule has 0 aromatic carbocycles. The minimum Gasteiger partial charge on any atom is -1.00 e. The summed E-state index contributed by atoms with van der Waals surface area (Å²) in [5.74, 6) is 0.215. The number of carbonyl (C=O) groups is 1. The maximum atomic E-state index is 11.9. The third-order valence-corrected chi connectivity index (χ3v) is 4.42. The summed E-state index contributed by atoms with van der Waals surface area (Å²) in [6, 6.07) is 0.972. The molecule has 0 unspecified atom stereocenters. The summed E-state index contributed by atoms with van der Waals surface area (Å²) >= 11 is 0. The molecular formula is C17H35Cl3N4OTi. The van der Waals surface area contributed by atoms with Crippen molar-refractivity contribution in [3.63, 3.8) is 0 Å². The van der Waals surface area contributed by atoms with E-state index < -0.39 is 0 Å². The zero-order valence-electron chi connectivity index (χ0n) is 16.7. The average molecular weight is 466 g/mol. The van der Waals surface area contributed by atoms with Crippen LogP contribution in [0.5, 0.6) is 0 Å². The molecule has 0 aliphatic carbocycles. The molecule has 0 atom stereocenters. The van der Waals surface area contributed by atoms with Gasteiger partial charge in [0.25, 0.3) is 0 Å². The molecule has 1 aliphatic heterocycles. The second-order valence-corrected chi connectivity index (χ2v) is 6.59. The number of likely N-dealkylation sites (N-methyl/N-ethyl adjacent to an activating group) is 1. The second kappa shape index (κ2) is 20.7. The zero-order chi connectivity index (χ0) is 16.4. The standard InChI is InChI=1S/C17H35N4O.3ClH.Ti/c1-16(22)17-8-15-20(3)12-6-10-18-9-5-11-19(2)13-7-14-21(17)4;;;;/h18H,5-15H2,1-4H3;3*1H;/q-1;;;;+4/p-3. The number of hydrogen-bond donors (Lipinski definition) is 1. The van der Waals surface area contributed by atoms with Crippen molar-refractivity contribution < 1.29 is 63.7 Å². The molecule has 0 radical (unpaired) electrons. The van der Waals surface area contributed by atoms with Gasteiger partial charge in [-0.05, 0) is 93.1 Å². The first-order valence-electron chi connectivity index (χ1n) is 8.66. The molecule has 154 valence electrons. The Kier molecular flexibility index (Phi) is 27.4. The Hall–Kier alpha value is 0.964. The van der Waals surface area contributed by atoms with Crippen molar-refractivity contribution in [2.24, 2.45) is 0 Å². The smallest absolute Gasteiger partial charge is 1.00 e. The van der Waals surface area contributed by atoms with E-state index in [1.165, 1.54) is 6.42 Å². The van der Waals surface area contributed by atoms with Gasteiger partial charge in [0.05, 0.1) is 0 Å². The summed E-state index contributed by atoms with van der Waals surface area (Å²) in [5.41, 5.74) is 0. The van der Waals surface area contributed by atoms with Crippen molar-refractivity contribution >= 4 is 5.78 Å². The van der Waals surface area contributed by atoms with Crippen LogP contribution in [0, 0.1) is 6.04 Å². The normalized spacial score (nSPS) is 19.9. The molecule has 0 aromatic rings. The molecule has 0 bridgehead atoms. The topological polar surface area (TPSA) is 38.8 Å². The molecular weight excluding hydrogens is 430 g/mol. The molecule has 0 saturated carbocycles. The van der Waals surface area contributed by atoms with Crippen LogP contribution in [0.3, 0.4) is 0 Å². The first-order chi connectivity index (χ1) is 10.5. The van der Waals surface area contributed by atoms with Crippen molar-refractivity contribution in [1.29, 1.82) is 0 Å². The summed E-state index contributed by atoms with van der Waals surface area (Å²) in [4.78, 5) is 18.8. The van der Waals surface area contributed by atoms with Gasteiger partial charge < -0.3 is 62.0 Å². The summed E-state index contributed by atoms with van der Waals surface area (Å²) in [5, 5.41) is 3.52. The minimum absolute atomic E-state index is 0. The van der Waals surface area contributed by atoms with Crippen LogP contribution in [0.2, 0.25) is 0 Å². The first-order valence-corrected chi connectivity index (χ1v) is 8.66. The number of ketones is 1. The van der Waals surface area contributed by atoms with E-state index in [2.05, 4.69) is 41.2 Å². The number of halogens is 3. The van der Waals surface area contributed by atoms with E-state index in [9.17, 15) is 4.79 Å². The number of carbonyl (C=O) groups excluding carboxylic acids is 1. The van der Waals surface area contributed by atoms with Crippen molar-refractivity contribution in [3.8, 4) is 0 Å². The molecule has 9 heteroatoms. The van der Waals surface area contributed by atoms with Crippen LogP contribution >= 0.6 is 0 Å². The van der Waals surface area contributed by atoms with Crippen LogP contribution in [0.25, 0.3) is 0 Å². The van der Waals surface area contributed by atoms with Gasteiger partial charge in [-0.3, -0.25) is 0 Å². The van der Waals surface area contributed by atoms with E-state index in [1.807, 2.05) is 0 Å². The van der Waals surface area contributed by atoms with Crippen LogP contribution in [-0.2, 0) is 26.5 Å². The molecule has 1 N–H and O–H groups in total. The predicted octanol–water partition coefficient (Wildman–Crippen LogP) is -7.92. The minimum atomic E-state index is 0. The molecule has 26 heavy (non-hydrogen) atoms. The van der Waals surface area contributed by atoms with Gasteiger partial charge in [-0.25, -0.2) is 6.04 Å². The maximum absolute atomic E-state index is 11.9. The van der Waals surface area contributed by atoms with Crippen molar-refractivity contribution in [1.82, 2.24) is 20.0 Å². The molecule has 1 saturated heterocycles. The molecule has 1 aliphatic rings. The predicted molar refractivity (Wildman–Crippen MR) is 92.9 cm³/mol. The number of nitrogens with zero attached hydrogens (tertiary/aromatic N) is 3. The van der Waals surface area contributed by atoms with Crippen molar-refractivity contribution in [2.45, 2.75) is 32.6 Å². The Morgan fingerprint density at radius 3 is 1.77 bits per heavy atom. The second-order valence-electron chi connectivity index (χ2n) is 6.59. The largest absolute Gasteiger partial charge is 4.00 e. The molecule has 1 fully saturated rings. The van der Waals surface area contributed by atoms with Gasteiger partial charge >= 0.3 is 21.7 Å². The van der Waals surface area contributed by atoms with Crippen LogP contribution in [0.15, 0.2) is 0 Å². The summed E-state index contributed by atoms with van der Waals surface area (Å²) in [6.45, 7) is 9.12. The number of Topliss-reactive ketones (excluding diaryl/α,β-unsaturated/α-hetero) is 1. The fraction of sp³-hybridized carbons (Fsp3) is 0.882. The average Bonchev–Trinajstić information content (AvgIpc) is 2.45. The number of nitrogens with one attached hydrogen (secondary N) is 1. The van der Waals surface area contributed by atoms with Gasteiger partial charge in [-0.2, -0.15) is 0 Å². The Balaban J connectivity index is -0.000000605. The molecule has 0 spiro atoms. The molecule has 0 amide bonds. The summed E-state index contributed by atoms with van der Waals surface area (Å²) in [7, 11) is 6.40. The fourth-order valence-corrected chi connectivity index (χ4v) is 2.94. The van der Waals surface area contributed by atoms with Gasteiger partial charge in [-0.1, -0.05) is 0 Å². The first kappa shape index (κ1) is 34.5. The third kappa shape index (κ3) is 16.0.